The highest BCUT2D eigenvalue weighted by molar-refractivity contribution is 6.31. The summed E-state index contributed by atoms with van der Waals surface area (Å²) in [5.41, 5.74) is 2.19. The Hall–Kier alpha value is -3.38. The second-order valence-electron chi connectivity index (χ2n) is 6.26. The zero-order valence-electron chi connectivity index (χ0n) is 15.0. The van der Waals surface area contributed by atoms with Gasteiger partial charge in [-0.2, -0.15) is 0 Å². The maximum absolute atomic E-state index is 12.3. The number of carbonyl (C=O) groups is 1. The molecule has 0 aliphatic carbocycles. The molecule has 0 saturated carbocycles. The summed E-state index contributed by atoms with van der Waals surface area (Å²) in [5.74, 6) is -0.149. The van der Waals surface area contributed by atoms with Gasteiger partial charge >= 0.3 is 0 Å². The summed E-state index contributed by atoms with van der Waals surface area (Å²) in [6.07, 6.45) is 1.42. The van der Waals surface area contributed by atoms with E-state index in [0.717, 1.165) is 11.1 Å². The summed E-state index contributed by atoms with van der Waals surface area (Å²) in [5, 5.41) is 19.9. The van der Waals surface area contributed by atoms with Crippen LogP contribution in [0.4, 0.5) is 5.69 Å². The van der Waals surface area contributed by atoms with E-state index in [2.05, 4.69) is 10.2 Å². The van der Waals surface area contributed by atoms with Crippen LogP contribution in [0.25, 0.3) is 10.9 Å². The van der Waals surface area contributed by atoms with Crippen molar-refractivity contribution in [1.29, 1.82) is 0 Å². The van der Waals surface area contributed by atoms with E-state index >= 15 is 0 Å². The molecule has 0 unspecified atom stereocenters. The van der Waals surface area contributed by atoms with Crippen molar-refractivity contribution in [2.45, 2.75) is 13.5 Å². The fourth-order valence-corrected chi connectivity index (χ4v) is 3.28. The van der Waals surface area contributed by atoms with Crippen LogP contribution in [0.1, 0.15) is 21.7 Å². The lowest BCUT2D eigenvalue weighted by atomic mass is 10.2. The first-order valence-corrected chi connectivity index (χ1v) is 8.98. The number of halogens is 1. The van der Waals surface area contributed by atoms with E-state index in [4.69, 9.17) is 16.0 Å². The number of amides is 1. The predicted octanol–water partition coefficient (Wildman–Crippen LogP) is 5.87. The van der Waals surface area contributed by atoms with Gasteiger partial charge < -0.3 is 14.1 Å². The van der Waals surface area contributed by atoms with Gasteiger partial charge in [-0.25, -0.2) is 0 Å². The van der Waals surface area contributed by atoms with E-state index in [1.807, 2.05) is 42.5 Å². The van der Waals surface area contributed by atoms with Crippen molar-refractivity contribution in [3.8, 4) is 5.88 Å². The molecule has 0 aliphatic heterocycles. The lowest BCUT2D eigenvalue weighted by molar-refractivity contribution is 0.0993. The summed E-state index contributed by atoms with van der Waals surface area (Å²) >= 11 is 6.27. The number of rotatable bonds is 4. The number of aromatic nitrogens is 1. The third kappa shape index (κ3) is 3.18. The zero-order valence-corrected chi connectivity index (χ0v) is 15.7. The molecule has 4 aromatic rings. The van der Waals surface area contributed by atoms with Crippen molar-refractivity contribution in [3.05, 3.63) is 82.8 Å². The van der Waals surface area contributed by atoms with E-state index in [1.54, 1.807) is 17.6 Å². The molecular formula is C21H16ClN3O3. The average Bonchev–Trinajstić information content (AvgIpc) is 3.24. The van der Waals surface area contributed by atoms with Crippen molar-refractivity contribution >= 4 is 34.1 Å². The van der Waals surface area contributed by atoms with E-state index in [-0.39, 0.29) is 11.6 Å². The Morgan fingerprint density at radius 2 is 1.89 bits per heavy atom. The molecule has 28 heavy (non-hydrogen) atoms. The molecule has 0 radical (unpaired) electrons. The third-order valence-electron chi connectivity index (χ3n) is 4.53. The number of aromatic hydroxyl groups is 1. The second kappa shape index (κ2) is 7.32. The number of para-hydroxylation sites is 1. The van der Waals surface area contributed by atoms with Crippen LogP contribution in [0.15, 0.2) is 75.5 Å². The first kappa shape index (κ1) is 18.0. The van der Waals surface area contributed by atoms with Crippen LogP contribution in [0.5, 0.6) is 5.88 Å². The molecular weight excluding hydrogens is 378 g/mol. The highest BCUT2D eigenvalue weighted by Gasteiger charge is 2.18. The van der Waals surface area contributed by atoms with Crippen molar-refractivity contribution < 1.29 is 14.3 Å². The number of furan rings is 1. The largest absolute Gasteiger partial charge is 0.493 e. The van der Waals surface area contributed by atoms with Crippen molar-refractivity contribution in [1.82, 2.24) is 4.57 Å². The average molecular weight is 394 g/mol. The van der Waals surface area contributed by atoms with E-state index in [9.17, 15) is 9.90 Å². The molecule has 2 heterocycles. The van der Waals surface area contributed by atoms with Gasteiger partial charge in [-0.15, -0.1) is 10.2 Å². The summed E-state index contributed by atoms with van der Waals surface area (Å²) in [6, 6.07) is 16.4. The minimum Gasteiger partial charge on any atom is -0.493 e. The first-order chi connectivity index (χ1) is 13.6. The van der Waals surface area contributed by atoms with Gasteiger partial charge in [0.05, 0.1) is 23.9 Å². The summed E-state index contributed by atoms with van der Waals surface area (Å²) in [6.45, 7) is 2.03. The number of benzene rings is 2. The molecule has 1 N–H and O–H groups in total. The first-order valence-electron chi connectivity index (χ1n) is 8.60. The molecule has 0 saturated heterocycles. The normalized spacial score (nSPS) is 11.5. The predicted molar refractivity (Wildman–Crippen MR) is 106 cm³/mol. The van der Waals surface area contributed by atoms with Gasteiger partial charge in [-0.3, -0.25) is 4.79 Å². The van der Waals surface area contributed by atoms with E-state index < -0.39 is 5.91 Å². The summed E-state index contributed by atoms with van der Waals surface area (Å²) in [7, 11) is 0. The Morgan fingerprint density at radius 1 is 1.14 bits per heavy atom. The Bertz CT molecular complexity index is 1210. The quantitative estimate of drug-likeness (QED) is 0.440. The smallest absolute Gasteiger partial charge is 0.298 e. The summed E-state index contributed by atoms with van der Waals surface area (Å²) in [4.78, 5) is 12.3. The number of nitrogens with zero attached hydrogens (tertiary/aromatic N) is 3. The van der Waals surface area contributed by atoms with Gasteiger partial charge in [-0.05, 0) is 30.7 Å². The Kier molecular flexibility index (Phi) is 4.71. The lowest BCUT2D eigenvalue weighted by Gasteiger charge is -2.08. The molecule has 7 heteroatoms. The highest BCUT2D eigenvalue weighted by Crippen LogP contribution is 2.39. The van der Waals surface area contributed by atoms with E-state index in [1.165, 1.54) is 12.3 Å². The highest BCUT2D eigenvalue weighted by atomic mass is 35.5. The molecule has 4 rings (SSSR count). The van der Waals surface area contributed by atoms with Crippen molar-refractivity contribution in [2.24, 2.45) is 10.2 Å². The molecule has 0 spiro atoms. The van der Waals surface area contributed by atoms with Gasteiger partial charge in [0.1, 0.15) is 5.76 Å². The number of hydrogen-bond donors (Lipinski definition) is 1. The standard InChI is InChI=1S/C21H16ClN3O3/c1-13-15(10-11-28-13)20(26)24-23-19-16-7-3-5-9-18(16)25(21(19)27)12-14-6-2-4-8-17(14)22/h2-11,27H,12H2,1H3. The molecule has 1 amide bonds. The molecule has 0 bridgehead atoms. The van der Waals surface area contributed by atoms with Gasteiger partial charge in [0.2, 0.25) is 5.88 Å². The van der Waals surface area contributed by atoms with Crippen LogP contribution in [-0.2, 0) is 6.54 Å². The fourth-order valence-electron chi connectivity index (χ4n) is 3.08. The molecule has 2 aromatic carbocycles. The number of aryl methyl sites for hydroxylation is 1. The second-order valence-corrected chi connectivity index (χ2v) is 6.67. The maximum Gasteiger partial charge on any atom is 0.298 e. The van der Waals surface area contributed by atoms with Gasteiger partial charge in [0, 0.05) is 10.4 Å². The van der Waals surface area contributed by atoms with Crippen molar-refractivity contribution in [3.63, 3.8) is 0 Å². The van der Waals surface area contributed by atoms with Gasteiger partial charge in [0.25, 0.3) is 5.91 Å². The number of hydrogen-bond acceptors (Lipinski definition) is 4. The monoisotopic (exact) mass is 393 g/mol. The summed E-state index contributed by atoms with van der Waals surface area (Å²) < 4.78 is 6.82. The number of fused-ring (bicyclic) bond motifs is 1. The fraction of sp³-hybridized carbons (Fsp3) is 0.0952. The molecule has 0 fully saturated rings. The minimum absolute atomic E-state index is 0.0819. The maximum atomic E-state index is 12.3. The van der Waals surface area contributed by atoms with Gasteiger partial charge in [-0.1, -0.05) is 48.0 Å². The lowest BCUT2D eigenvalue weighted by Crippen LogP contribution is -1.99. The topological polar surface area (TPSA) is 80.1 Å². The number of carbonyl (C=O) groups excluding carboxylic acids is 1. The van der Waals surface area contributed by atoms with Crippen LogP contribution in [0, 0.1) is 6.92 Å². The van der Waals surface area contributed by atoms with E-state index in [0.29, 0.717) is 28.3 Å². The van der Waals surface area contributed by atoms with Crippen molar-refractivity contribution in [2.75, 3.05) is 0 Å². The Balaban J connectivity index is 1.76. The molecule has 2 aromatic heterocycles. The SMILES string of the molecule is Cc1occc1C(=O)N=Nc1c(O)n(Cc2ccccc2Cl)c2ccccc12. The third-order valence-corrected chi connectivity index (χ3v) is 4.90. The Morgan fingerprint density at radius 3 is 2.64 bits per heavy atom. The number of azo groups is 1. The van der Waals surface area contributed by atoms with Crippen LogP contribution >= 0.6 is 11.6 Å². The molecule has 0 aliphatic rings. The molecule has 140 valence electrons. The Labute approximate surface area is 165 Å². The van der Waals surface area contributed by atoms with Crippen LogP contribution in [0.3, 0.4) is 0 Å². The zero-order chi connectivity index (χ0) is 19.7. The molecule has 6 nitrogen and oxygen atoms in total. The van der Waals surface area contributed by atoms with Crippen LogP contribution in [0.2, 0.25) is 5.02 Å². The minimum atomic E-state index is -0.534. The molecule has 0 atom stereocenters. The van der Waals surface area contributed by atoms with Crippen LogP contribution < -0.4 is 0 Å². The van der Waals surface area contributed by atoms with Gasteiger partial charge in [0.15, 0.2) is 5.69 Å². The van der Waals surface area contributed by atoms with Crippen LogP contribution in [-0.4, -0.2) is 15.6 Å².